The van der Waals surface area contributed by atoms with E-state index in [1.54, 1.807) is 24.3 Å². The summed E-state index contributed by atoms with van der Waals surface area (Å²) in [5, 5.41) is 17.0. The Balaban J connectivity index is 3.01. The van der Waals surface area contributed by atoms with E-state index in [-0.39, 0.29) is 24.5 Å². The molecule has 10 heteroatoms. The zero-order valence-electron chi connectivity index (χ0n) is 18.0. The van der Waals surface area contributed by atoms with Crippen molar-refractivity contribution < 1.29 is 24.3 Å². The lowest BCUT2D eigenvalue weighted by atomic mass is 10.0. The molecule has 0 saturated heterocycles. The van der Waals surface area contributed by atoms with Crippen LogP contribution in [0.3, 0.4) is 0 Å². The van der Waals surface area contributed by atoms with Gasteiger partial charge in [-0.15, -0.1) is 0 Å². The molecule has 0 aliphatic heterocycles. The van der Waals surface area contributed by atoms with Gasteiger partial charge in [-0.2, -0.15) is 12.6 Å². The van der Waals surface area contributed by atoms with Gasteiger partial charge in [0, 0.05) is 12.2 Å². The van der Waals surface area contributed by atoms with Gasteiger partial charge in [0.15, 0.2) is 0 Å². The van der Waals surface area contributed by atoms with E-state index in [4.69, 9.17) is 5.73 Å². The average Bonchev–Trinajstić information content (AvgIpc) is 2.70. The predicted molar refractivity (Wildman–Crippen MR) is 121 cm³/mol. The SMILES string of the molecule is CC(C)C[C@H](NC(=O)[C@H](Cc1ccccc1)NC(=O)[C@H](CS)NC(=O)[C@H](C)N)C(=O)O. The summed E-state index contributed by atoms with van der Waals surface area (Å²) < 4.78 is 0. The Morgan fingerprint density at radius 2 is 1.42 bits per heavy atom. The Morgan fingerprint density at radius 1 is 0.903 bits per heavy atom. The lowest BCUT2D eigenvalue weighted by molar-refractivity contribution is -0.142. The molecule has 31 heavy (non-hydrogen) atoms. The van der Waals surface area contributed by atoms with E-state index < -0.39 is 47.9 Å². The van der Waals surface area contributed by atoms with Crippen molar-refractivity contribution in [3.63, 3.8) is 0 Å². The molecule has 3 amide bonds. The van der Waals surface area contributed by atoms with Crippen LogP contribution in [0.25, 0.3) is 0 Å². The monoisotopic (exact) mass is 452 g/mol. The van der Waals surface area contributed by atoms with Gasteiger partial charge >= 0.3 is 5.97 Å². The molecule has 6 N–H and O–H groups in total. The summed E-state index contributed by atoms with van der Waals surface area (Å²) in [4.78, 5) is 49.0. The Morgan fingerprint density at radius 3 is 1.90 bits per heavy atom. The number of hydrogen-bond acceptors (Lipinski definition) is 6. The molecular formula is C21H32N4O5S. The zero-order chi connectivity index (χ0) is 23.6. The fourth-order valence-electron chi connectivity index (χ4n) is 2.79. The molecule has 172 valence electrons. The molecule has 0 radical (unpaired) electrons. The highest BCUT2D eigenvalue weighted by Crippen LogP contribution is 2.08. The first-order chi connectivity index (χ1) is 14.5. The minimum absolute atomic E-state index is 0.00489. The second kappa shape index (κ2) is 13.0. The van der Waals surface area contributed by atoms with E-state index >= 15 is 0 Å². The molecule has 1 aromatic carbocycles. The van der Waals surface area contributed by atoms with E-state index in [0.717, 1.165) is 5.56 Å². The van der Waals surface area contributed by atoms with Crippen LogP contribution < -0.4 is 21.7 Å². The minimum atomic E-state index is -1.15. The number of carboxylic acid groups (broad SMARTS) is 1. The Hall–Kier alpha value is -2.59. The fourth-order valence-corrected chi connectivity index (χ4v) is 3.05. The number of rotatable bonds is 12. The van der Waals surface area contributed by atoms with E-state index in [9.17, 15) is 24.3 Å². The molecule has 1 aromatic rings. The standard InChI is InChI=1S/C21H32N4O5S/c1-12(2)9-16(21(29)30)24-19(27)15(10-14-7-5-4-6-8-14)23-20(28)17(11-31)25-18(26)13(3)22/h4-8,12-13,15-17,31H,9-11,22H2,1-3H3,(H,23,28)(H,24,27)(H,25,26)(H,29,30)/t13-,15-,16-,17-/m0/s1. The lowest BCUT2D eigenvalue weighted by Gasteiger charge is -2.25. The third-order valence-corrected chi connectivity index (χ3v) is 4.83. The zero-order valence-corrected chi connectivity index (χ0v) is 18.9. The molecule has 4 atom stereocenters. The molecule has 0 aromatic heterocycles. The molecule has 0 saturated carbocycles. The highest BCUT2D eigenvalue weighted by molar-refractivity contribution is 7.80. The number of amides is 3. The Kier molecular flexibility index (Phi) is 11.1. The van der Waals surface area contributed by atoms with Crippen molar-refractivity contribution in [1.82, 2.24) is 16.0 Å². The Bertz CT molecular complexity index is 757. The van der Waals surface area contributed by atoms with E-state index in [1.807, 2.05) is 19.9 Å². The van der Waals surface area contributed by atoms with Crippen molar-refractivity contribution >= 4 is 36.3 Å². The third kappa shape index (κ3) is 9.39. The number of carbonyl (C=O) groups is 4. The number of hydrogen-bond donors (Lipinski definition) is 6. The van der Waals surface area contributed by atoms with Crippen LogP contribution in [0.1, 0.15) is 32.8 Å². The van der Waals surface area contributed by atoms with Crippen molar-refractivity contribution in [3.05, 3.63) is 35.9 Å². The highest BCUT2D eigenvalue weighted by Gasteiger charge is 2.30. The summed E-state index contributed by atoms with van der Waals surface area (Å²) in [6.07, 6.45) is 0.393. The van der Waals surface area contributed by atoms with E-state index in [1.165, 1.54) is 6.92 Å². The first-order valence-corrected chi connectivity index (χ1v) is 10.7. The van der Waals surface area contributed by atoms with Crippen LogP contribution in [0.2, 0.25) is 0 Å². The van der Waals surface area contributed by atoms with Gasteiger partial charge in [0.2, 0.25) is 17.7 Å². The number of nitrogens with two attached hydrogens (primary N) is 1. The molecule has 0 aliphatic carbocycles. The van der Waals surface area contributed by atoms with Gasteiger partial charge in [0.05, 0.1) is 6.04 Å². The van der Waals surface area contributed by atoms with Crippen LogP contribution in [0.4, 0.5) is 0 Å². The number of carbonyl (C=O) groups excluding carboxylic acids is 3. The molecule has 1 rings (SSSR count). The maximum Gasteiger partial charge on any atom is 0.326 e. The van der Waals surface area contributed by atoms with Gasteiger partial charge in [-0.3, -0.25) is 14.4 Å². The molecule has 0 bridgehead atoms. The molecular weight excluding hydrogens is 420 g/mol. The van der Waals surface area contributed by atoms with Crippen molar-refractivity contribution in [2.45, 2.75) is 57.8 Å². The smallest absolute Gasteiger partial charge is 0.326 e. The van der Waals surface area contributed by atoms with Crippen LogP contribution in [0.5, 0.6) is 0 Å². The molecule has 0 aliphatic rings. The lowest BCUT2D eigenvalue weighted by Crippen LogP contribution is -2.58. The van der Waals surface area contributed by atoms with Gasteiger partial charge in [0.1, 0.15) is 18.1 Å². The van der Waals surface area contributed by atoms with Gasteiger partial charge < -0.3 is 26.8 Å². The quantitative estimate of drug-likeness (QED) is 0.247. The minimum Gasteiger partial charge on any atom is -0.480 e. The van der Waals surface area contributed by atoms with Gasteiger partial charge in [-0.1, -0.05) is 44.2 Å². The number of nitrogens with one attached hydrogen (secondary N) is 3. The predicted octanol–water partition coefficient (Wildman–Crippen LogP) is 0.0912. The summed E-state index contributed by atoms with van der Waals surface area (Å²) in [5.41, 5.74) is 6.30. The number of benzene rings is 1. The van der Waals surface area contributed by atoms with Gasteiger partial charge in [-0.05, 0) is 24.8 Å². The molecule has 0 spiro atoms. The normalized spacial score (nSPS) is 14.8. The summed E-state index contributed by atoms with van der Waals surface area (Å²) in [6, 6.07) is 5.06. The van der Waals surface area contributed by atoms with Crippen LogP contribution in [-0.2, 0) is 25.6 Å². The topological polar surface area (TPSA) is 151 Å². The Labute approximate surface area is 187 Å². The second-order valence-electron chi connectivity index (χ2n) is 7.81. The number of aliphatic carboxylic acids is 1. The van der Waals surface area contributed by atoms with E-state index in [2.05, 4.69) is 28.6 Å². The number of carboxylic acids is 1. The van der Waals surface area contributed by atoms with Gasteiger partial charge in [-0.25, -0.2) is 4.79 Å². The molecule has 0 fully saturated rings. The van der Waals surface area contributed by atoms with Gasteiger partial charge in [0.25, 0.3) is 0 Å². The van der Waals surface area contributed by atoms with Crippen molar-refractivity contribution in [2.24, 2.45) is 11.7 Å². The maximum atomic E-state index is 12.9. The second-order valence-corrected chi connectivity index (χ2v) is 8.18. The van der Waals surface area contributed by atoms with Crippen molar-refractivity contribution in [2.75, 3.05) is 5.75 Å². The van der Waals surface area contributed by atoms with Crippen LogP contribution in [-0.4, -0.2) is 58.7 Å². The summed E-state index contributed by atoms with van der Waals surface area (Å²) >= 11 is 4.10. The van der Waals surface area contributed by atoms with Crippen molar-refractivity contribution in [3.8, 4) is 0 Å². The average molecular weight is 453 g/mol. The third-order valence-electron chi connectivity index (χ3n) is 4.47. The first kappa shape index (κ1) is 26.4. The van der Waals surface area contributed by atoms with Crippen LogP contribution >= 0.6 is 12.6 Å². The maximum absolute atomic E-state index is 12.9. The molecule has 0 unspecified atom stereocenters. The number of thiol groups is 1. The van der Waals surface area contributed by atoms with Crippen LogP contribution in [0.15, 0.2) is 30.3 Å². The fraction of sp³-hybridized carbons (Fsp3) is 0.524. The largest absolute Gasteiger partial charge is 0.480 e. The van der Waals surface area contributed by atoms with Crippen molar-refractivity contribution in [1.29, 1.82) is 0 Å². The van der Waals surface area contributed by atoms with Crippen LogP contribution in [0, 0.1) is 5.92 Å². The highest BCUT2D eigenvalue weighted by atomic mass is 32.1. The summed E-state index contributed by atoms with van der Waals surface area (Å²) in [7, 11) is 0. The first-order valence-electron chi connectivity index (χ1n) is 10.1. The molecule has 9 nitrogen and oxygen atoms in total. The molecule has 0 heterocycles. The summed E-state index contributed by atoms with van der Waals surface area (Å²) in [6.45, 7) is 5.18. The van der Waals surface area contributed by atoms with E-state index in [0.29, 0.717) is 0 Å². The summed E-state index contributed by atoms with van der Waals surface area (Å²) in [5.74, 6) is -2.87.